The van der Waals surface area contributed by atoms with Crippen molar-refractivity contribution in [3.8, 4) is 0 Å². The summed E-state index contributed by atoms with van der Waals surface area (Å²) < 4.78 is 26.1. The zero-order valence-electron chi connectivity index (χ0n) is 16.3. The van der Waals surface area contributed by atoms with E-state index in [-0.39, 0.29) is 17.3 Å². The molecular weight excluding hydrogens is 484 g/mol. The molecule has 0 aliphatic carbocycles. The van der Waals surface area contributed by atoms with E-state index >= 15 is 0 Å². The monoisotopic (exact) mass is 501 g/mol. The van der Waals surface area contributed by atoms with Gasteiger partial charge < -0.3 is 15.6 Å². The van der Waals surface area contributed by atoms with Gasteiger partial charge in [-0.15, -0.1) is 0 Å². The normalized spacial score (nSPS) is 11.5. The van der Waals surface area contributed by atoms with Crippen LogP contribution in [0.25, 0.3) is 0 Å². The molecule has 0 spiro atoms. The third kappa shape index (κ3) is 5.10. The molecule has 0 bridgehead atoms. The van der Waals surface area contributed by atoms with Crippen LogP contribution in [0, 0.1) is 0 Å². The van der Waals surface area contributed by atoms with E-state index in [4.69, 9.17) is 5.73 Å². The largest absolute Gasteiger partial charge is 0.755 e. The number of para-hydroxylation sites is 3. The summed E-state index contributed by atoms with van der Waals surface area (Å²) in [5.41, 5.74) is 7.46. The molecule has 1 unspecified atom stereocenters. The van der Waals surface area contributed by atoms with Gasteiger partial charge in [-0.25, -0.2) is 4.79 Å². The van der Waals surface area contributed by atoms with Crippen LogP contribution in [0.3, 0.4) is 0 Å². The van der Waals surface area contributed by atoms with Crippen LogP contribution >= 0.6 is 15.9 Å². The molecule has 0 saturated carbocycles. The Morgan fingerprint density at radius 1 is 0.935 bits per heavy atom. The lowest BCUT2D eigenvalue weighted by Crippen LogP contribution is -2.33. The summed E-state index contributed by atoms with van der Waals surface area (Å²) in [6.45, 7) is 1.38. The fraction of sp³-hybridized carbons (Fsp3) is 0.0476. The van der Waals surface area contributed by atoms with Gasteiger partial charge in [-0.3, -0.25) is 18.2 Å². The molecule has 0 aliphatic heterocycles. The van der Waals surface area contributed by atoms with Gasteiger partial charge in [0.25, 0.3) is 0 Å². The molecule has 0 saturated heterocycles. The minimum Gasteiger partial charge on any atom is -0.755 e. The Labute approximate surface area is 190 Å². The van der Waals surface area contributed by atoms with Crippen LogP contribution < -0.4 is 20.3 Å². The topological polar surface area (TPSA) is 119 Å². The lowest BCUT2D eigenvalue weighted by Gasteiger charge is -2.32. The van der Waals surface area contributed by atoms with Crippen LogP contribution in [0.1, 0.15) is 6.92 Å². The average molecular weight is 502 g/mol. The van der Waals surface area contributed by atoms with Gasteiger partial charge in [-0.2, -0.15) is 0 Å². The van der Waals surface area contributed by atoms with Crippen molar-refractivity contribution in [1.82, 2.24) is 0 Å². The molecule has 3 aromatic carbocycles. The molecule has 31 heavy (non-hydrogen) atoms. The van der Waals surface area contributed by atoms with Crippen molar-refractivity contribution in [2.24, 2.45) is 5.73 Å². The molecule has 3 amide bonds. The Bertz CT molecular complexity index is 1140. The predicted octanol–water partition coefficient (Wildman–Crippen LogP) is 4.56. The van der Waals surface area contributed by atoms with E-state index in [1.54, 1.807) is 72.8 Å². The first-order valence-corrected chi connectivity index (χ1v) is 10.8. The molecule has 3 aromatic rings. The molecule has 10 heteroatoms. The third-order valence-corrected chi connectivity index (χ3v) is 5.60. The average Bonchev–Trinajstić information content (AvgIpc) is 2.71. The molecule has 3 rings (SSSR count). The molecule has 0 aromatic heterocycles. The Morgan fingerprint density at radius 2 is 1.48 bits per heavy atom. The quantitative estimate of drug-likeness (QED) is 0.481. The number of primary amides is 1. The number of halogens is 1. The van der Waals surface area contributed by atoms with Gasteiger partial charge in [0, 0.05) is 17.1 Å². The molecule has 160 valence electrons. The standard InChI is InChI=1S/C21H19BrN4O4S/c1-14(27)24-15-10-12-16(13-11-15)26(31(29)30)20-9-5-4-8-19(20)25(21(23)28)18-7-3-2-6-17(18)22/h2-13H,1H3,(H2,23,28)(H,24,27)(H,29,30)/p-1. The third-order valence-electron chi connectivity index (χ3n) is 4.23. The molecule has 8 nitrogen and oxygen atoms in total. The number of hydrogen-bond acceptors (Lipinski definition) is 4. The Balaban J connectivity index is 2.13. The van der Waals surface area contributed by atoms with Crippen molar-refractivity contribution in [3.63, 3.8) is 0 Å². The van der Waals surface area contributed by atoms with Crippen LogP contribution in [0.2, 0.25) is 0 Å². The zero-order valence-corrected chi connectivity index (χ0v) is 18.7. The first kappa shape index (κ1) is 22.5. The lowest BCUT2D eigenvalue weighted by molar-refractivity contribution is -0.114. The molecule has 3 N–H and O–H groups in total. The first-order chi connectivity index (χ1) is 14.8. The van der Waals surface area contributed by atoms with Crippen molar-refractivity contribution in [2.75, 3.05) is 14.5 Å². The number of hydrogen-bond donors (Lipinski definition) is 2. The second kappa shape index (κ2) is 9.73. The van der Waals surface area contributed by atoms with E-state index in [2.05, 4.69) is 21.2 Å². The maximum atomic E-state index is 12.4. The summed E-state index contributed by atoms with van der Waals surface area (Å²) in [7, 11) is 0. The van der Waals surface area contributed by atoms with Crippen LogP contribution in [-0.2, 0) is 16.1 Å². The number of carbonyl (C=O) groups is 2. The molecule has 0 radical (unpaired) electrons. The minimum atomic E-state index is -2.72. The van der Waals surface area contributed by atoms with E-state index in [1.807, 2.05) is 0 Å². The van der Waals surface area contributed by atoms with Crippen LogP contribution in [0.15, 0.2) is 77.3 Å². The summed E-state index contributed by atoms with van der Waals surface area (Å²) in [4.78, 5) is 24.9. The van der Waals surface area contributed by atoms with Gasteiger partial charge in [0.05, 0.1) is 34.0 Å². The van der Waals surface area contributed by atoms with Crippen molar-refractivity contribution in [1.29, 1.82) is 0 Å². The van der Waals surface area contributed by atoms with Gasteiger partial charge in [0.15, 0.2) is 0 Å². The van der Waals surface area contributed by atoms with Gasteiger partial charge in [0.1, 0.15) is 0 Å². The summed E-state index contributed by atoms with van der Waals surface area (Å²) in [5, 5.41) is 2.63. The lowest BCUT2D eigenvalue weighted by atomic mass is 10.2. The molecule has 1 atom stereocenters. The number of nitrogens with one attached hydrogen (secondary N) is 1. The number of nitrogens with zero attached hydrogens (tertiary/aromatic N) is 2. The highest BCUT2D eigenvalue weighted by Crippen LogP contribution is 2.40. The molecular formula is C21H18BrN4O4S-. The van der Waals surface area contributed by atoms with E-state index in [0.29, 0.717) is 21.5 Å². The summed E-state index contributed by atoms with van der Waals surface area (Å²) in [6.07, 6.45) is 0. The van der Waals surface area contributed by atoms with Crippen molar-refractivity contribution < 1.29 is 18.4 Å². The Morgan fingerprint density at radius 3 is 2.00 bits per heavy atom. The highest BCUT2D eigenvalue weighted by atomic mass is 79.9. The number of nitrogens with two attached hydrogens (primary N) is 1. The summed E-state index contributed by atoms with van der Waals surface area (Å²) in [5.74, 6) is -0.243. The van der Waals surface area contributed by atoms with E-state index in [1.165, 1.54) is 11.8 Å². The number of rotatable bonds is 6. The second-order valence-corrected chi connectivity index (χ2v) is 8.01. The number of amides is 3. The van der Waals surface area contributed by atoms with E-state index < -0.39 is 17.3 Å². The summed E-state index contributed by atoms with van der Waals surface area (Å²) in [6, 6.07) is 18.9. The number of anilines is 5. The van der Waals surface area contributed by atoms with Gasteiger partial charge in [-0.05, 0) is 64.5 Å². The molecule has 0 fully saturated rings. The van der Waals surface area contributed by atoms with Crippen molar-refractivity contribution in [3.05, 3.63) is 77.3 Å². The van der Waals surface area contributed by atoms with Gasteiger partial charge in [0.2, 0.25) is 5.91 Å². The minimum absolute atomic E-state index is 0.220. The van der Waals surface area contributed by atoms with Gasteiger partial charge in [-0.1, -0.05) is 24.3 Å². The number of benzene rings is 3. The van der Waals surface area contributed by atoms with Crippen LogP contribution in [0.4, 0.5) is 33.2 Å². The maximum absolute atomic E-state index is 12.4. The van der Waals surface area contributed by atoms with Crippen LogP contribution in [-0.4, -0.2) is 20.7 Å². The molecule has 0 aliphatic rings. The summed E-state index contributed by atoms with van der Waals surface area (Å²) >= 11 is 0.687. The number of carbonyl (C=O) groups excluding carboxylic acids is 2. The van der Waals surface area contributed by atoms with E-state index in [0.717, 1.165) is 4.31 Å². The fourth-order valence-electron chi connectivity index (χ4n) is 3.01. The molecule has 0 heterocycles. The SMILES string of the molecule is CC(=O)Nc1ccc(N(c2ccccc2N(C(N)=O)c2ccccc2Br)S(=O)[O-])cc1. The predicted molar refractivity (Wildman–Crippen MR) is 124 cm³/mol. The van der Waals surface area contributed by atoms with E-state index in [9.17, 15) is 18.4 Å². The van der Waals surface area contributed by atoms with Crippen molar-refractivity contribution >= 4 is 67.6 Å². The Kier molecular flexibility index (Phi) is 7.06. The highest BCUT2D eigenvalue weighted by Gasteiger charge is 2.24. The highest BCUT2D eigenvalue weighted by molar-refractivity contribution is 9.10. The number of urea groups is 1. The van der Waals surface area contributed by atoms with Crippen molar-refractivity contribution in [2.45, 2.75) is 6.92 Å². The first-order valence-electron chi connectivity index (χ1n) is 9.00. The van der Waals surface area contributed by atoms with Crippen LogP contribution in [0.5, 0.6) is 0 Å². The zero-order chi connectivity index (χ0) is 22.5. The Hall–Kier alpha value is -3.21. The fourth-order valence-corrected chi connectivity index (χ4v) is 4.09. The maximum Gasteiger partial charge on any atom is 0.323 e. The van der Waals surface area contributed by atoms with Gasteiger partial charge >= 0.3 is 6.03 Å². The second-order valence-electron chi connectivity index (χ2n) is 6.35. The smallest absolute Gasteiger partial charge is 0.323 e.